The summed E-state index contributed by atoms with van der Waals surface area (Å²) in [6, 6.07) is 2.53. The SMILES string of the molecule is CC(=O)Nc1ccc(C(=O)N2CCCCCC2C(=O)O)s1. The van der Waals surface area contributed by atoms with Crippen LogP contribution in [0.15, 0.2) is 12.1 Å². The van der Waals surface area contributed by atoms with Gasteiger partial charge in [-0.2, -0.15) is 0 Å². The summed E-state index contributed by atoms with van der Waals surface area (Å²) in [7, 11) is 0. The summed E-state index contributed by atoms with van der Waals surface area (Å²) >= 11 is 1.17. The van der Waals surface area contributed by atoms with Crippen LogP contribution in [-0.4, -0.2) is 40.4 Å². The molecule has 7 heteroatoms. The molecule has 1 unspecified atom stereocenters. The third kappa shape index (κ3) is 3.81. The number of hydrogen-bond donors (Lipinski definition) is 2. The first-order valence-electron chi connectivity index (χ1n) is 6.90. The molecule has 2 amide bonds. The Hall–Kier alpha value is -1.89. The number of aliphatic carboxylic acids is 1. The normalized spacial score (nSPS) is 18.9. The van der Waals surface area contributed by atoms with E-state index in [0.29, 0.717) is 22.8 Å². The van der Waals surface area contributed by atoms with Crippen LogP contribution >= 0.6 is 11.3 Å². The second kappa shape index (κ2) is 6.71. The highest BCUT2D eigenvalue weighted by molar-refractivity contribution is 7.18. The van der Waals surface area contributed by atoms with E-state index in [-0.39, 0.29) is 11.8 Å². The average molecular weight is 310 g/mol. The van der Waals surface area contributed by atoms with Crippen molar-refractivity contribution in [2.75, 3.05) is 11.9 Å². The van der Waals surface area contributed by atoms with Gasteiger partial charge in [-0.15, -0.1) is 11.3 Å². The highest BCUT2D eigenvalue weighted by Gasteiger charge is 2.31. The zero-order valence-corrected chi connectivity index (χ0v) is 12.6. The lowest BCUT2D eigenvalue weighted by Crippen LogP contribution is -2.44. The molecular formula is C14H18N2O4S. The van der Waals surface area contributed by atoms with Crippen molar-refractivity contribution < 1.29 is 19.5 Å². The highest BCUT2D eigenvalue weighted by atomic mass is 32.1. The Balaban J connectivity index is 2.17. The Morgan fingerprint density at radius 2 is 2.05 bits per heavy atom. The van der Waals surface area contributed by atoms with Crippen LogP contribution in [0.5, 0.6) is 0 Å². The molecule has 1 aromatic rings. The van der Waals surface area contributed by atoms with Crippen LogP contribution in [0, 0.1) is 0 Å². The van der Waals surface area contributed by atoms with Crippen LogP contribution in [-0.2, 0) is 9.59 Å². The molecule has 0 radical (unpaired) electrons. The summed E-state index contributed by atoms with van der Waals surface area (Å²) in [5.74, 6) is -1.43. The number of nitrogens with zero attached hydrogens (tertiary/aromatic N) is 1. The van der Waals surface area contributed by atoms with Crippen LogP contribution in [0.4, 0.5) is 5.00 Å². The van der Waals surface area contributed by atoms with E-state index in [2.05, 4.69) is 5.32 Å². The number of thiophene rings is 1. The monoisotopic (exact) mass is 310 g/mol. The predicted octanol–water partition coefficient (Wildman–Crippen LogP) is 2.18. The maximum absolute atomic E-state index is 12.5. The molecule has 6 nitrogen and oxygen atoms in total. The molecule has 1 aliphatic heterocycles. The van der Waals surface area contributed by atoms with Gasteiger partial charge in [0, 0.05) is 13.5 Å². The van der Waals surface area contributed by atoms with Crippen molar-refractivity contribution in [2.24, 2.45) is 0 Å². The van der Waals surface area contributed by atoms with Gasteiger partial charge < -0.3 is 15.3 Å². The largest absolute Gasteiger partial charge is 0.480 e. The van der Waals surface area contributed by atoms with Crippen molar-refractivity contribution in [2.45, 2.75) is 38.6 Å². The molecule has 1 aromatic heterocycles. The number of rotatable bonds is 3. The molecule has 1 aliphatic rings. The Morgan fingerprint density at radius 1 is 1.29 bits per heavy atom. The van der Waals surface area contributed by atoms with Gasteiger partial charge >= 0.3 is 5.97 Å². The van der Waals surface area contributed by atoms with E-state index in [9.17, 15) is 19.5 Å². The molecule has 1 atom stereocenters. The fraction of sp³-hybridized carbons (Fsp3) is 0.500. The summed E-state index contributed by atoms with van der Waals surface area (Å²) in [6.45, 7) is 1.86. The number of carbonyl (C=O) groups is 3. The summed E-state index contributed by atoms with van der Waals surface area (Å²) in [5.41, 5.74) is 0. The number of hydrogen-bond acceptors (Lipinski definition) is 4. The van der Waals surface area contributed by atoms with E-state index in [0.717, 1.165) is 19.3 Å². The molecule has 0 aliphatic carbocycles. The van der Waals surface area contributed by atoms with Crippen molar-refractivity contribution in [3.05, 3.63) is 17.0 Å². The summed E-state index contributed by atoms with van der Waals surface area (Å²) < 4.78 is 0. The Morgan fingerprint density at radius 3 is 2.71 bits per heavy atom. The minimum atomic E-state index is -0.955. The van der Waals surface area contributed by atoms with Crippen molar-refractivity contribution in [3.63, 3.8) is 0 Å². The van der Waals surface area contributed by atoms with Crippen LogP contribution in [0.2, 0.25) is 0 Å². The van der Waals surface area contributed by atoms with E-state index in [4.69, 9.17) is 0 Å². The molecule has 1 fully saturated rings. The zero-order valence-electron chi connectivity index (χ0n) is 11.8. The van der Waals surface area contributed by atoms with Crippen molar-refractivity contribution in [3.8, 4) is 0 Å². The van der Waals surface area contributed by atoms with E-state index in [1.807, 2.05) is 0 Å². The maximum atomic E-state index is 12.5. The van der Waals surface area contributed by atoms with E-state index < -0.39 is 12.0 Å². The third-order valence-corrected chi connectivity index (χ3v) is 4.40. The second-order valence-corrected chi connectivity index (χ2v) is 6.13. The van der Waals surface area contributed by atoms with Crippen molar-refractivity contribution >= 4 is 34.1 Å². The number of likely N-dealkylation sites (tertiary alicyclic amines) is 1. The Bertz CT molecular complexity index is 555. The van der Waals surface area contributed by atoms with Gasteiger partial charge in [-0.3, -0.25) is 9.59 Å². The summed E-state index contributed by atoms with van der Waals surface area (Å²) in [6.07, 6.45) is 3.07. The van der Waals surface area contributed by atoms with Crippen LogP contribution in [0.1, 0.15) is 42.3 Å². The second-order valence-electron chi connectivity index (χ2n) is 5.05. The van der Waals surface area contributed by atoms with E-state index in [1.54, 1.807) is 12.1 Å². The molecule has 0 bridgehead atoms. The molecule has 0 spiro atoms. The maximum Gasteiger partial charge on any atom is 0.326 e. The molecular weight excluding hydrogens is 292 g/mol. The topological polar surface area (TPSA) is 86.7 Å². The Kier molecular flexibility index (Phi) is 4.95. The molecule has 21 heavy (non-hydrogen) atoms. The lowest BCUT2D eigenvalue weighted by Gasteiger charge is -2.26. The molecule has 114 valence electrons. The average Bonchev–Trinajstić information content (AvgIpc) is 2.73. The van der Waals surface area contributed by atoms with Gasteiger partial charge in [0.25, 0.3) is 5.91 Å². The summed E-state index contributed by atoms with van der Waals surface area (Å²) in [5, 5.41) is 12.5. The quantitative estimate of drug-likeness (QED) is 0.896. The van der Waals surface area contributed by atoms with Gasteiger partial charge in [-0.25, -0.2) is 4.79 Å². The highest BCUT2D eigenvalue weighted by Crippen LogP contribution is 2.26. The van der Waals surface area contributed by atoms with Gasteiger partial charge in [-0.05, 0) is 25.0 Å². The van der Waals surface area contributed by atoms with E-state index in [1.165, 1.54) is 23.2 Å². The first kappa shape index (κ1) is 15.5. The number of carboxylic acids is 1. The number of carboxylic acid groups (broad SMARTS) is 1. The van der Waals surface area contributed by atoms with Gasteiger partial charge in [0.15, 0.2) is 0 Å². The minimum absolute atomic E-state index is 0.200. The molecule has 2 rings (SSSR count). The van der Waals surface area contributed by atoms with Gasteiger partial charge in [0.05, 0.1) is 9.88 Å². The first-order valence-corrected chi connectivity index (χ1v) is 7.72. The number of nitrogens with one attached hydrogen (secondary N) is 1. The van der Waals surface area contributed by atoms with Crippen LogP contribution in [0.3, 0.4) is 0 Å². The molecule has 0 saturated carbocycles. The summed E-state index contributed by atoms with van der Waals surface area (Å²) in [4.78, 5) is 36.8. The van der Waals surface area contributed by atoms with Crippen LogP contribution < -0.4 is 5.32 Å². The molecule has 2 heterocycles. The number of anilines is 1. The van der Waals surface area contributed by atoms with Gasteiger partial charge in [0.1, 0.15) is 6.04 Å². The minimum Gasteiger partial charge on any atom is -0.480 e. The Labute approximate surface area is 126 Å². The molecule has 2 N–H and O–H groups in total. The van der Waals surface area contributed by atoms with Crippen molar-refractivity contribution in [1.82, 2.24) is 4.90 Å². The number of carbonyl (C=O) groups excluding carboxylic acids is 2. The predicted molar refractivity (Wildman–Crippen MR) is 79.6 cm³/mol. The van der Waals surface area contributed by atoms with Gasteiger partial charge in [-0.1, -0.05) is 12.8 Å². The first-order chi connectivity index (χ1) is 9.99. The van der Waals surface area contributed by atoms with Gasteiger partial charge in [0.2, 0.25) is 5.91 Å². The fourth-order valence-electron chi connectivity index (χ4n) is 2.44. The lowest BCUT2D eigenvalue weighted by atomic mass is 10.1. The van der Waals surface area contributed by atoms with E-state index >= 15 is 0 Å². The number of amides is 2. The standard InChI is InChI=1S/C14H18N2O4S/c1-9(17)15-12-7-6-11(21-12)13(18)16-8-4-2-3-5-10(16)14(19)20/h6-7,10H,2-5,8H2,1H3,(H,15,17)(H,19,20). The molecule has 1 saturated heterocycles. The lowest BCUT2D eigenvalue weighted by molar-refractivity contribution is -0.142. The van der Waals surface area contributed by atoms with Crippen LogP contribution in [0.25, 0.3) is 0 Å². The molecule has 0 aromatic carbocycles. The smallest absolute Gasteiger partial charge is 0.326 e. The third-order valence-electron chi connectivity index (χ3n) is 3.41. The fourth-order valence-corrected chi connectivity index (χ4v) is 3.35. The van der Waals surface area contributed by atoms with Crippen molar-refractivity contribution in [1.29, 1.82) is 0 Å². The zero-order chi connectivity index (χ0) is 15.4.